The Hall–Kier alpha value is -1.74. The van der Waals surface area contributed by atoms with Gasteiger partial charge >= 0.3 is 0 Å². The topological polar surface area (TPSA) is 78.5 Å². The Bertz CT molecular complexity index is 888. The van der Waals surface area contributed by atoms with Gasteiger partial charge in [0.1, 0.15) is 0 Å². The van der Waals surface area contributed by atoms with E-state index < -0.39 is 10.0 Å². The van der Waals surface area contributed by atoms with Gasteiger partial charge in [-0.15, -0.1) is 0 Å². The summed E-state index contributed by atoms with van der Waals surface area (Å²) in [5.41, 5.74) is 1.77. The summed E-state index contributed by atoms with van der Waals surface area (Å²) < 4.78 is 28.6. The molecule has 6 nitrogen and oxygen atoms in total. The molecule has 2 heterocycles. The number of nitrogens with zero attached hydrogens (tertiary/aromatic N) is 1. The van der Waals surface area contributed by atoms with Gasteiger partial charge < -0.3 is 5.32 Å². The van der Waals surface area contributed by atoms with Crippen molar-refractivity contribution in [2.45, 2.75) is 56.4 Å². The standard InChI is InChI=1S/C22H31N3O3S2/c1-2-7-22(26)24-19-8-10-20(11-9-19)30(27,28)23-16-21(18-12-15-29-17-18)25-13-5-3-4-6-14-25/h8-12,15,17,21,23H,2-7,13-14,16H2,1H3,(H,24,26). The van der Waals surface area contributed by atoms with Crippen LogP contribution < -0.4 is 10.0 Å². The average molecular weight is 450 g/mol. The van der Waals surface area contributed by atoms with Crippen LogP contribution in [0.5, 0.6) is 0 Å². The second-order valence-corrected chi connectivity index (χ2v) is 10.2. The fraction of sp³-hybridized carbons (Fsp3) is 0.500. The summed E-state index contributed by atoms with van der Waals surface area (Å²) in [6, 6.07) is 8.46. The molecule has 3 rings (SSSR count). The first-order chi connectivity index (χ1) is 14.5. The van der Waals surface area contributed by atoms with Gasteiger partial charge in [0, 0.05) is 24.7 Å². The molecule has 30 heavy (non-hydrogen) atoms. The van der Waals surface area contributed by atoms with Gasteiger partial charge in [-0.1, -0.05) is 19.8 Å². The van der Waals surface area contributed by atoms with Crippen molar-refractivity contribution >= 4 is 33.0 Å². The molecular weight excluding hydrogens is 418 g/mol. The zero-order chi connectivity index (χ0) is 21.4. The number of likely N-dealkylation sites (tertiary alicyclic amines) is 1. The van der Waals surface area contributed by atoms with Gasteiger partial charge in [0.15, 0.2) is 0 Å². The molecule has 0 aliphatic carbocycles. The second-order valence-electron chi connectivity index (χ2n) is 7.70. The second kappa shape index (κ2) is 11.0. The summed E-state index contributed by atoms with van der Waals surface area (Å²) in [5.74, 6) is -0.0673. The van der Waals surface area contributed by atoms with Crippen molar-refractivity contribution in [3.05, 3.63) is 46.7 Å². The zero-order valence-electron chi connectivity index (χ0n) is 17.5. The molecule has 1 atom stereocenters. The molecule has 8 heteroatoms. The minimum Gasteiger partial charge on any atom is -0.326 e. The van der Waals surface area contributed by atoms with Crippen molar-refractivity contribution in [1.29, 1.82) is 0 Å². The number of carbonyl (C=O) groups excluding carboxylic acids is 1. The van der Waals surface area contributed by atoms with Gasteiger partial charge in [0.05, 0.1) is 4.90 Å². The van der Waals surface area contributed by atoms with Crippen molar-refractivity contribution in [3.63, 3.8) is 0 Å². The largest absolute Gasteiger partial charge is 0.326 e. The van der Waals surface area contributed by atoms with Crippen LogP contribution in [0.3, 0.4) is 0 Å². The van der Waals surface area contributed by atoms with E-state index in [0.29, 0.717) is 18.7 Å². The lowest BCUT2D eigenvalue weighted by molar-refractivity contribution is -0.116. The summed E-state index contributed by atoms with van der Waals surface area (Å²) in [6.07, 6.45) is 5.99. The Labute approximate surface area is 183 Å². The van der Waals surface area contributed by atoms with E-state index in [4.69, 9.17) is 0 Å². The van der Waals surface area contributed by atoms with Gasteiger partial charge in [-0.25, -0.2) is 13.1 Å². The molecule has 1 aliphatic rings. The van der Waals surface area contributed by atoms with Crippen LogP contribution in [-0.2, 0) is 14.8 Å². The predicted molar refractivity (Wildman–Crippen MR) is 122 cm³/mol. The first kappa shape index (κ1) is 22.9. The van der Waals surface area contributed by atoms with Crippen LogP contribution >= 0.6 is 11.3 Å². The number of nitrogens with one attached hydrogen (secondary N) is 2. The molecule has 1 aromatic heterocycles. The minimum absolute atomic E-state index is 0.0386. The van der Waals surface area contributed by atoms with E-state index in [9.17, 15) is 13.2 Å². The molecule has 0 radical (unpaired) electrons. The third-order valence-corrected chi connectivity index (χ3v) is 7.54. The monoisotopic (exact) mass is 449 g/mol. The van der Waals surface area contributed by atoms with Gasteiger partial charge in [0.2, 0.25) is 15.9 Å². The highest BCUT2D eigenvalue weighted by Gasteiger charge is 2.24. The SMILES string of the molecule is CCCC(=O)Nc1ccc(S(=O)(=O)NCC(c2ccsc2)N2CCCCCC2)cc1. The quantitative estimate of drug-likeness (QED) is 0.595. The summed E-state index contributed by atoms with van der Waals surface area (Å²) in [5, 5.41) is 6.93. The molecule has 0 saturated carbocycles. The maximum absolute atomic E-state index is 12.9. The number of hydrogen-bond donors (Lipinski definition) is 2. The molecule has 1 aliphatic heterocycles. The van der Waals surface area contributed by atoms with E-state index in [-0.39, 0.29) is 16.8 Å². The number of anilines is 1. The van der Waals surface area contributed by atoms with Crippen LogP contribution in [0.15, 0.2) is 46.0 Å². The van der Waals surface area contributed by atoms with Crippen molar-refractivity contribution < 1.29 is 13.2 Å². The molecule has 0 spiro atoms. The van der Waals surface area contributed by atoms with E-state index in [0.717, 1.165) is 32.4 Å². The third kappa shape index (κ3) is 6.38. The van der Waals surface area contributed by atoms with E-state index in [1.165, 1.54) is 30.5 Å². The van der Waals surface area contributed by atoms with Gasteiger partial charge in [-0.05, 0) is 79.0 Å². The van der Waals surface area contributed by atoms with Crippen LogP contribution in [0.1, 0.15) is 57.1 Å². The van der Waals surface area contributed by atoms with Crippen LogP contribution in [0.4, 0.5) is 5.69 Å². The lowest BCUT2D eigenvalue weighted by Gasteiger charge is -2.30. The van der Waals surface area contributed by atoms with Gasteiger partial charge in [-0.2, -0.15) is 11.3 Å². The fourth-order valence-electron chi connectivity index (χ4n) is 3.77. The van der Waals surface area contributed by atoms with Crippen molar-refractivity contribution in [3.8, 4) is 0 Å². The lowest BCUT2D eigenvalue weighted by atomic mass is 10.1. The fourth-order valence-corrected chi connectivity index (χ4v) is 5.51. The number of hydrogen-bond acceptors (Lipinski definition) is 5. The molecule has 1 amide bonds. The number of sulfonamides is 1. The van der Waals surface area contributed by atoms with Crippen molar-refractivity contribution in [2.75, 3.05) is 25.0 Å². The third-order valence-electron chi connectivity index (χ3n) is 5.40. The van der Waals surface area contributed by atoms with E-state index in [1.54, 1.807) is 23.5 Å². The zero-order valence-corrected chi connectivity index (χ0v) is 19.1. The summed E-state index contributed by atoms with van der Waals surface area (Å²) in [6.45, 7) is 4.27. The maximum atomic E-state index is 12.9. The normalized spacial score (nSPS) is 16.7. The molecule has 2 N–H and O–H groups in total. The smallest absolute Gasteiger partial charge is 0.240 e. The Morgan fingerprint density at radius 3 is 2.40 bits per heavy atom. The first-order valence-electron chi connectivity index (χ1n) is 10.7. The molecule has 1 saturated heterocycles. The highest BCUT2D eigenvalue weighted by molar-refractivity contribution is 7.89. The molecule has 0 bridgehead atoms. The number of carbonyl (C=O) groups is 1. The van der Waals surface area contributed by atoms with Crippen molar-refractivity contribution in [2.24, 2.45) is 0 Å². The lowest BCUT2D eigenvalue weighted by Crippen LogP contribution is -2.38. The number of amides is 1. The highest BCUT2D eigenvalue weighted by Crippen LogP contribution is 2.26. The Balaban J connectivity index is 1.67. The van der Waals surface area contributed by atoms with Crippen LogP contribution in [-0.4, -0.2) is 38.9 Å². The molecule has 2 aromatic rings. The average Bonchev–Trinajstić information content (AvgIpc) is 3.11. The molecule has 1 aromatic carbocycles. The summed E-state index contributed by atoms with van der Waals surface area (Å²) >= 11 is 1.64. The van der Waals surface area contributed by atoms with E-state index in [2.05, 4.69) is 26.4 Å². The Morgan fingerprint density at radius 2 is 1.80 bits per heavy atom. The molecule has 1 unspecified atom stereocenters. The summed E-state index contributed by atoms with van der Waals surface area (Å²) in [7, 11) is -3.64. The van der Waals surface area contributed by atoms with Crippen LogP contribution in [0, 0.1) is 0 Å². The molecular formula is C22H31N3O3S2. The first-order valence-corrected chi connectivity index (χ1v) is 13.1. The van der Waals surface area contributed by atoms with Crippen molar-refractivity contribution in [1.82, 2.24) is 9.62 Å². The molecule has 1 fully saturated rings. The van der Waals surface area contributed by atoms with Crippen LogP contribution in [0.2, 0.25) is 0 Å². The Morgan fingerprint density at radius 1 is 1.10 bits per heavy atom. The summed E-state index contributed by atoms with van der Waals surface area (Å²) in [4.78, 5) is 14.3. The number of rotatable bonds is 9. The predicted octanol–water partition coefficient (Wildman–Crippen LogP) is 4.38. The number of benzene rings is 1. The minimum atomic E-state index is -3.64. The van der Waals surface area contributed by atoms with Gasteiger partial charge in [0.25, 0.3) is 0 Å². The maximum Gasteiger partial charge on any atom is 0.240 e. The number of thiophene rings is 1. The highest BCUT2D eigenvalue weighted by atomic mass is 32.2. The Kier molecular flexibility index (Phi) is 8.44. The van der Waals surface area contributed by atoms with Crippen LogP contribution in [0.25, 0.3) is 0 Å². The van der Waals surface area contributed by atoms with E-state index in [1.807, 2.05) is 12.3 Å². The van der Waals surface area contributed by atoms with Gasteiger partial charge in [-0.3, -0.25) is 9.69 Å². The van der Waals surface area contributed by atoms with E-state index >= 15 is 0 Å². The molecule has 164 valence electrons.